The molecule has 162 valence electrons. The monoisotopic (exact) mass is 429 g/mol. The number of pyridine rings is 1. The average molecular weight is 429 g/mol. The second kappa shape index (κ2) is 9.34. The number of methoxy groups -OCH3 is 1. The van der Waals surface area contributed by atoms with Gasteiger partial charge in [-0.3, -0.25) is 19.5 Å². The molecule has 1 aromatic heterocycles. The van der Waals surface area contributed by atoms with Gasteiger partial charge >= 0.3 is 0 Å². The average Bonchev–Trinajstić information content (AvgIpc) is 3.05. The van der Waals surface area contributed by atoms with Gasteiger partial charge in [-0.1, -0.05) is 18.2 Å². The van der Waals surface area contributed by atoms with Crippen LogP contribution in [0.1, 0.15) is 18.1 Å². The molecule has 3 aromatic rings. The molecule has 0 fully saturated rings. The molecule has 2 amide bonds. The highest BCUT2D eigenvalue weighted by atomic mass is 16.5. The van der Waals surface area contributed by atoms with Gasteiger partial charge in [0, 0.05) is 18.1 Å². The summed E-state index contributed by atoms with van der Waals surface area (Å²) in [7, 11) is 1.58. The molecule has 0 atom stereocenters. The van der Waals surface area contributed by atoms with Gasteiger partial charge in [0.1, 0.15) is 17.2 Å². The van der Waals surface area contributed by atoms with E-state index in [1.807, 2.05) is 37.3 Å². The minimum atomic E-state index is -0.390. The van der Waals surface area contributed by atoms with Gasteiger partial charge in [0.25, 0.3) is 11.8 Å². The van der Waals surface area contributed by atoms with Crippen LogP contribution in [0, 0.1) is 0 Å². The smallest absolute Gasteiger partial charge is 0.278 e. The van der Waals surface area contributed by atoms with E-state index in [0.29, 0.717) is 29.2 Å². The first-order valence-corrected chi connectivity index (χ1v) is 10.2. The van der Waals surface area contributed by atoms with Crippen LogP contribution in [0.3, 0.4) is 0 Å². The van der Waals surface area contributed by atoms with Gasteiger partial charge in [-0.15, -0.1) is 0 Å². The van der Waals surface area contributed by atoms with Crippen LogP contribution in [0.2, 0.25) is 0 Å². The summed E-state index contributed by atoms with van der Waals surface area (Å²) in [6, 6.07) is 17.9. The summed E-state index contributed by atoms with van der Waals surface area (Å²) < 4.78 is 10.7. The van der Waals surface area contributed by atoms with Crippen LogP contribution in [-0.4, -0.2) is 35.4 Å². The van der Waals surface area contributed by atoms with E-state index in [1.165, 1.54) is 4.90 Å². The fraction of sp³-hybridized carbons (Fsp3) is 0.160. The van der Waals surface area contributed by atoms with Crippen molar-refractivity contribution in [1.29, 1.82) is 0 Å². The number of carbonyl (C=O) groups excluding carboxylic acids is 2. The third-order valence-corrected chi connectivity index (χ3v) is 5.04. The number of ether oxygens (including phenoxy) is 2. The van der Waals surface area contributed by atoms with Crippen molar-refractivity contribution in [3.05, 3.63) is 89.9 Å². The molecule has 7 heteroatoms. The number of nitrogens with one attached hydrogen (secondary N) is 1. The van der Waals surface area contributed by atoms with Crippen molar-refractivity contribution in [2.45, 2.75) is 13.5 Å². The number of imide groups is 1. The van der Waals surface area contributed by atoms with Gasteiger partial charge in [0.05, 0.1) is 25.8 Å². The number of hydrogen-bond donors (Lipinski definition) is 1. The molecule has 4 rings (SSSR count). The van der Waals surface area contributed by atoms with Gasteiger partial charge in [0.15, 0.2) is 0 Å². The number of hydrogen-bond acceptors (Lipinski definition) is 6. The maximum atomic E-state index is 13.4. The molecule has 1 N–H and O–H groups in total. The SMILES string of the molecule is CCOc1ccc(NC2=C(c3ccc(OC)cc3)C(=O)N(Cc3cccnc3)C2=O)cc1. The Kier molecular flexibility index (Phi) is 6.17. The molecule has 0 spiro atoms. The predicted molar refractivity (Wildman–Crippen MR) is 121 cm³/mol. The maximum absolute atomic E-state index is 13.4. The molecular formula is C25H23N3O4. The Bertz CT molecular complexity index is 1140. The fourth-order valence-electron chi connectivity index (χ4n) is 3.48. The Morgan fingerprint density at radius 1 is 0.938 bits per heavy atom. The molecule has 0 unspecified atom stereocenters. The van der Waals surface area contributed by atoms with Crippen LogP contribution in [0.25, 0.3) is 5.57 Å². The molecule has 32 heavy (non-hydrogen) atoms. The van der Waals surface area contributed by atoms with Gasteiger partial charge in [-0.05, 0) is 60.5 Å². The predicted octanol–water partition coefficient (Wildman–Crippen LogP) is 3.88. The molecule has 0 radical (unpaired) electrons. The summed E-state index contributed by atoms with van der Waals surface area (Å²) in [5.74, 6) is 0.643. The molecule has 0 aliphatic carbocycles. The second-order valence-corrected chi connectivity index (χ2v) is 7.12. The standard InChI is InChI=1S/C25H23N3O4/c1-3-32-21-12-8-19(9-13-21)27-23-22(18-6-10-20(31-2)11-7-18)24(29)28(25(23)30)16-17-5-4-14-26-15-17/h4-15,27H,3,16H2,1-2H3. The molecule has 2 heterocycles. The van der Waals surface area contributed by atoms with Crippen molar-refractivity contribution in [1.82, 2.24) is 9.88 Å². The van der Waals surface area contributed by atoms with Crippen LogP contribution >= 0.6 is 0 Å². The number of anilines is 1. The Hall–Kier alpha value is -4.13. The number of nitrogens with zero attached hydrogens (tertiary/aromatic N) is 2. The molecule has 0 saturated carbocycles. The molecule has 7 nitrogen and oxygen atoms in total. The minimum Gasteiger partial charge on any atom is -0.497 e. The molecule has 1 aliphatic heterocycles. The van der Waals surface area contributed by atoms with E-state index in [9.17, 15) is 9.59 Å². The number of amides is 2. The first kappa shape index (κ1) is 21.1. The molecule has 2 aromatic carbocycles. The first-order chi connectivity index (χ1) is 15.6. The highest BCUT2D eigenvalue weighted by molar-refractivity contribution is 6.36. The Labute approximate surface area is 186 Å². The molecular weight excluding hydrogens is 406 g/mol. The van der Waals surface area contributed by atoms with Crippen LogP contribution in [-0.2, 0) is 16.1 Å². The van der Waals surface area contributed by atoms with E-state index in [1.54, 1.807) is 49.8 Å². The topological polar surface area (TPSA) is 80.8 Å². The Balaban J connectivity index is 1.69. The highest BCUT2D eigenvalue weighted by Gasteiger charge is 2.39. The molecule has 1 aliphatic rings. The third kappa shape index (κ3) is 4.32. The summed E-state index contributed by atoms with van der Waals surface area (Å²) in [5, 5.41) is 3.15. The summed E-state index contributed by atoms with van der Waals surface area (Å²) in [6.45, 7) is 2.62. The van der Waals surface area contributed by atoms with Crippen molar-refractivity contribution < 1.29 is 19.1 Å². The number of carbonyl (C=O) groups is 2. The normalized spacial score (nSPS) is 13.5. The number of benzene rings is 2. The number of aromatic nitrogens is 1. The lowest BCUT2D eigenvalue weighted by atomic mass is 10.0. The van der Waals surface area contributed by atoms with Crippen molar-refractivity contribution in [3.63, 3.8) is 0 Å². The molecule has 0 saturated heterocycles. The fourth-order valence-corrected chi connectivity index (χ4v) is 3.48. The van der Waals surface area contributed by atoms with Crippen LogP contribution in [0.5, 0.6) is 11.5 Å². The van der Waals surface area contributed by atoms with E-state index < -0.39 is 5.91 Å². The van der Waals surface area contributed by atoms with Crippen LogP contribution in [0.4, 0.5) is 5.69 Å². The van der Waals surface area contributed by atoms with Crippen molar-refractivity contribution in [2.24, 2.45) is 0 Å². The van der Waals surface area contributed by atoms with Crippen molar-refractivity contribution >= 4 is 23.1 Å². The van der Waals surface area contributed by atoms with Gasteiger partial charge in [0.2, 0.25) is 0 Å². The molecule has 0 bridgehead atoms. The van der Waals surface area contributed by atoms with Crippen LogP contribution < -0.4 is 14.8 Å². The maximum Gasteiger partial charge on any atom is 0.278 e. The number of rotatable bonds is 8. The lowest BCUT2D eigenvalue weighted by molar-refractivity contribution is -0.137. The summed E-state index contributed by atoms with van der Waals surface area (Å²) >= 11 is 0. The van der Waals surface area contributed by atoms with E-state index in [4.69, 9.17) is 9.47 Å². The Morgan fingerprint density at radius 2 is 1.66 bits per heavy atom. The summed E-state index contributed by atoms with van der Waals surface area (Å²) in [5.41, 5.74) is 2.62. The zero-order valence-corrected chi connectivity index (χ0v) is 17.9. The minimum absolute atomic E-state index is 0.139. The van der Waals surface area contributed by atoms with Gasteiger partial charge in [-0.2, -0.15) is 0 Å². The van der Waals surface area contributed by atoms with E-state index >= 15 is 0 Å². The summed E-state index contributed by atoms with van der Waals surface area (Å²) in [4.78, 5) is 32.0. The van der Waals surface area contributed by atoms with Gasteiger partial charge < -0.3 is 14.8 Å². The second-order valence-electron chi connectivity index (χ2n) is 7.12. The van der Waals surface area contributed by atoms with Crippen molar-refractivity contribution in [2.75, 3.05) is 19.0 Å². The van der Waals surface area contributed by atoms with E-state index in [2.05, 4.69) is 10.3 Å². The largest absolute Gasteiger partial charge is 0.497 e. The van der Waals surface area contributed by atoms with Crippen LogP contribution in [0.15, 0.2) is 78.8 Å². The highest BCUT2D eigenvalue weighted by Crippen LogP contribution is 2.32. The summed E-state index contributed by atoms with van der Waals surface area (Å²) in [6.07, 6.45) is 3.29. The first-order valence-electron chi connectivity index (χ1n) is 10.2. The zero-order chi connectivity index (χ0) is 22.5. The van der Waals surface area contributed by atoms with E-state index in [0.717, 1.165) is 11.3 Å². The third-order valence-electron chi connectivity index (χ3n) is 5.04. The van der Waals surface area contributed by atoms with Crippen molar-refractivity contribution in [3.8, 4) is 11.5 Å². The van der Waals surface area contributed by atoms with E-state index in [-0.39, 0.29) is 18.1 Å². The Morgan fingerprint density at radius 3 is 2.28 bits per heavy atom. The quantitative estimate of drug-likeness (QED) is 0.548. The lowest BCUT2D eigenvalue weighted by Crippen LogP contribution is -2.32. The van der Waals surface area contributed by atoms with Gasteiger partial charge in [-0.25, -0.2) is 0 Å². The zero-order valence-electron chi connectivity index (χ0n) is 17.9. The lowest BCUT2D eigenvalue weighted by Gasteiger charge is -2.15.